The average molecular weight is 714 g/mol. The van der Waals surface area contributed by atoms with Gasteiger partial charge in [0.1, 0.15) is 0 Å². The van der Waals surface area contributed by atoms with Crippen LogP contribution in [0, 0.1) is 0 Å². The summed E-state index contributed by atoms with van der Waals surface area (Å²) in [5.41, 5.74) is 14.9. The van der Waals surface area contributed by atoms with Gasteiger partial charge in [-0.3, -0.25) is 0 Å². The van der Waals surface area contributed by atoms with E-state index >= 15 is 0 Å². The summed E-state index contributed by atoms with van der Waals surface area (Å²) in [7, 11) is 0. The highest BCUT2D eigenvalue weighted by molar-refractivity contribution is 6.17. The van der Waals surface area contributed by atoms with Crippen LogP contribution in [0.25, 0.3) is 100 Å². The van der Waals surface area contributed by atoms with Crippen molar-refractivity contribution in [2.24, 2.45) is 0 Å². The van der Waals surface area contributed by atoms with Gasteiger partial charge in [0.15, 0.2) is 5.82 Å². The molecule has 0 aliphatic heterocycles. The van der Waals surface area contributed by atoms with E-state index in [1.165, 1.54) is 22.1 Å². The molecule has 3 nitrogen and oxygen atoms in total. The Morgan fingerprint density at radius 3 is 1.43 bits per heavy atom. The minimum absolute atomic E-state index is 0.712. The molecule has 2 aromatic heterocycles. The Balaban J connectivity index is 1.05. The van der Waals surface area contributed by atoms with Crippen LogP contribution >= 0.6 is 0 Å². The molecule has 0 bridgehead atoms. The van der Waals surface area contributed by atoms with Crippen LogP contribution in [-0.4, -0.2) is 15.0 Å². The maximum Gasteiger partial charge on any atom is 0.160 e. The lowest BCUT2D eigenvalue weighted by atomic mass is 9.91. The van der Waals surface area contributed by atoms with Gasteiger partial charge < -0.3 is 0 Å². The van der Waals surface area contributed by atoms with Crippen molar-refractivity contribution in [2.75, 3.05) is 0 Å². The zero-order valence-electron chi connectivity index (χ0n) is 30.5. The van der Waals surface area contributed by atoms with Crippen LogP contribution in [0.2, 0.25) is 0 Å². The first-order valence-corrected chi connectivity index (χ1v) is 18.9. The van der Waals surface area contributed by atoms with Crippen molar-refractivity contribution in [3.8, 4) is 78.5 Å². The quantitative estimate of drug-likeness (QED) is 0.154. The van der Waals surface area contributed by atoms with Crippen LogP contribution in [0.1, 0.15) is 0 Å². The van der Waals surface area contributed by atoms with Gasteiger partial charge in [-0.05, 0) is 57.6 Å². The van der Waals surface area contributed by atoms with Gasteiger partial charge in [0.2, 0.25) is 0 Å². The van der Waals surface area contributed by atoms with E-state index in [4.69, 9.17) is 15.0 Å². The lowest BCUT2D eigenvalue weighted by Gasteiger charge is -2.15. The monoisotopic (exact) mass is 713 g/mol. The molecule has 0 spiro atoms. The van der Waals surface area contributed by atoms with E-state index in [1.54, 1.807) is 0 Å². The van der Waals surface area contributed by atoms with E-state index in [1.807, 2.05) is 36.4 Å². The Labute approximate surface area is 326 Å². The minimum Gasteiger partial charge on any atom is -0.247 e. The largest absolute Gasteiger partial charge is 0.247 e. The van der Waals surface area contributed by atoms with Crippen LogP contribution in [0.4, 0.5) is 0 Å². The highest BCUT2D eigenvalue weighted by Gasteiger charge is 2.16. The molecule has 0 N–H and O–H groups in total. The van der Waals surface area contributed by atoms with E-state index in [-0.39, 0.29) is 0 Å². The van der Waals surface area contributed by atoms with E-state index in [2.05, 4.69) is 176 Å². The molecule has 10 aromatic rings. The van der Waals surface area contributed by atoms with Crippen LogP contribution in [0.3, 0.4) is 0 Å². The molecule has 262 valence electrons. The van der Waals surface area contributed by atoms with Crippen molar-refractivity contribution in [1.29, 1.82) is 0 Å². The smallest absolute Gasteiger partial charge is 0.160 e. The van der Waals surface area contributed by atoms with Gasteiger partial charge in [-0.25, -0.2) is 15.0 Å². The van der Waals surface area contributed by atoms with Gasteiger partial charge in [0, 0.05) is 38.4 Å². The molecule has 0 saturated heterocycles. The molecule has 10 rings (SSSR count). The number of benzene rings is 8. The molecule has 0 amide bonds. The predicted octanol–water partition coefficient (Wildman–Crippen LogP) is 13.8. The summed E-state index contributed by atoms with van der Waals surface area (Å²) in [6.07, 6.45) is 0. The molecule has 2 heterocycles. The normalized spacial score (nSPS) is 11.2. The Hall–Kier alpha value is -7.49. The number of fused-ring (bicyclic) bond motifs is 3. The molecule has 3 heteroatoms. The topological polar surface area (TPSA) is 38.7 Å². The van der Waals surface area contributed by atoms with Gasteiger partial charge >= 0.3 is 0 Å². The number of rotatable bonds is 7. The Bertz CT molecular complexity index is 2940. The summed E-state index contributed by atoms with van der Waals surface area (Å²) in [5, 5.41) is 3.49. The molecule has 0 radical (unpaired) electrons. The first-order valence-electron chi connectivity index (χ1n) is 18.9. The van der Waals surface area contributed by atoms with E-state index in [9.17, 15) is 0 Å². The summed E-state index contributed by atoms with van der Waals surface area (Å²) >= 11 is 0. The highest BCUT2D eigenvalue weighted by Crippen LogP contribution is 2.40. The number of hydrogen-bond donors (Lipinski definition) is 0. The van der Waals surface area contributed by atoms with Crippen LogP contribution in [0.5, 0.6) is 0 Å². The Kier molecular flexibility index (Phi) is 8.51. The summed E-state index contributed by atoms with van der Waals surface area (Å²) in [6, 6.07) is 74.6. The minimum atomic E-state index is 0.712. The van der Waals surface area contributed by atoms with Gasteiger partial charge in [-0.15, -0.1) is 0 Å². The predicted molar refractivity (Wildman–Crippen MR) is 233 cm³/mol. The zero-order valence-corrected chi connectivity index (χ0v) is 30.5. The fraction of sp³-hybridized carbons (Fsp3) is 0. The van der Waals surface area contributed by atoms with E-state index < -0.39 is 0 Å². The van der Waals surface area contributed by atoms with Gasteiger partial charge in [-0.1, -0.05) is 188 Å². The number of hydrogen-bond acceptors (Lipinski definition) is 3. The standard InChI is InChI=1S/C53H35N3/c1-4-15-36(16-5-1)42-22-13-24-44(34-42)52-47-27-14-26-45(51(47)46-25-10-11-28-48(46)54-52)43-23-12-21-41(33-43)37-29-31-39(32-30-37)50-35-49(38-17-6-2-7-18-38)55-53(56-50)40-19-8-3-9-20-40/h1-35H. The summed E-state index contributed by atoms with van der Waals surface area (Å²) in [6.45, 7) is 0. The Morgan fingerprint density at radius 1 is 0.268 bits per heavy atom. The number of nitrogens with zero attached hydrogens (tertiary/aromatic N) is 3. The number of aromatic nitrogens is 3. The lowest BCUT2D eigenvalue weighted by molar-refractivity contribution is 1.18. The number of pyridine rings is 1. The molecule has 0 atom stereocenters. The van der Waals surface area contributed by atoms with Crippen molar-refractivity contribution in [1.82, 2.24) is 15.0 Å². The third-order valence-electron chi connectivity index (χ3n) is 10.5. The van der Waals surface area contributed by atoms with Gasteiger partial charge in [0.05, 0.1) is 22.6 Å². The SMILES string of the molecule is c1ccc(-c2cccc(-c3nc4ccccc4c4c(-c5cccc(-c6ccc(-c7cc(-c8ccccc8)nc(-c8ccccc8)n7)cc6)c5)cccc34)c2)cc1. The molecule has 0 unspecified atom stereocenters. The van der Waals surface area contributed by atoms with Crippen molar-refractivity contribution in [3.05, 3.63) is 212 Å². The van der Waals surface area contributed by atoms with E-state index in [0.717, 1.165) is 72.3 Å². The van der Waals surface area contributed by atoms with Gasteiger partial charge in [-0.2, -0.15) is 0 Å². The van der Waals surface area contributed by atoms with Crippen LogP contribution in [-0.2, 0) is 0 Å². The maximum atomic E-state index is 5.28. The highest BCUT2D eigenvalue weighted by atomic mass is 14.9. The second-order valence-corrected chi connectivity index (χ2v) is 14.0. The summed E-state index contributed by atoms with van der Waals surface area (Å²) in [5.74, 6) is 0.712. The van der Waals surface area contributed by atoms with Crippen molar-refractivity contribution < 1.29 is 0 Å². The fourth-order valence-electron chi connectivity index (χ4n) is 7.71. The van der Waals surface area contributed by atoms with Gasteiger partial charge in [0.25, 0.3) is 0 Å². The molecular weight excluding hydrogens is 679 g/mol. The molecule has 0 aliphatic carbocycles. The first kappa shape index (κ1) is 33.1. The maximum absolute atomic E-state index is 5.28. The fourth-order valence-corrected chi connectivity index (χ4v) is 7.71. The second kappa shape index (κ2) is 14.4. The molecule has 0 saturated carbocycles. The van der Waals surface area contributed by atoms with Crippen LogP contribution < -0.4 is 0 Å². The molecule has 8 aromatic carbocycles. The number of para-hydroxylation sites is 1. The molecule has 0 aliphatic rings. The van der Waals surface area contributed by atoms with Crippen molar-refractivity contribution >= 4 is 21.7 Å². The Morgan fingerprint density at radius 2 is 0.732 bits per heavy atom. The van der Waals surface area contributed by atoms with Crippen LogP contribution in [0.15, 0.2) is 212 Å². The van der Waals surface area contributed by atoms with Crippen molar-refractivity contribution in [2.45, 2.75) is 0 Å². The molecule has 56 heavy (non-hydrogen) atoms. The summed E-state index contributed by atoms with van der Waals surface area (Å²) < 4.78 is 0. The van der Waals surface area contributed by atoms with Crippen molar-refractivity contribution in [3.63, 3.8) is 0 Å². The van der Waals surface area contributed by atoms with E-state index in [0.29, 0.717) is 5.82 Å². The summed E-state index contributed by atoms with van der Waals surface area (Å²) in [4.78, 5) is 15.3. The molecular formula is C53H35N3. The second-order valence-electron chi connectivity index (χ2n) is 14.0. The lowest BCUT2D eigenvalue weighted by Crippen LogP contribution is -1.95. The first-order chi connectivity index (χ1) is 27.7. The third kappa shape index (κ3) is 6.31. The third-order valence-corrected chi connectivity index (χ3v) is 10.5. The zero-order chi connectivity index (χ0) is 37.3. The molecule has 0 fully saturated rings. The average Bonchev–Trinajstić information content (AvgIpc) is 3.29.